The van der Waals surface area contributed by atoms with Crippen LogP contribution in [0.2, 0.25) is 10.0 Å². The Labute approximate surface area is 191 Å². The highest BCUT2D eigenvalue weighted by Gasteiger charge is 2.10. The Morgan fingerprint density at radius 2 is 1.81 bits per heavy atom. The standard InChI is InChI=1S/C21H16Cl2FN5OS/c22-18-2-1-3-19(23)17(18)8-15-9-20(30)26-21(25-15)31-12-16-11-29(28-27-16)10-13-4-6-14(24)7-5-13/h1-7,9,11H,8,10,12H2,(H,25,26,30). The van der Waals surface area contributed by atoms with Crippen LogP contribution in [0.4, 0.5) is 4.39 Å². The van der Waals surface area contributed by atoms with Gasteiger partial charge in [-0.3, -0.25) is 4.79 Å². The van der Waals surface area contributed by atoms with Crippen LogP contribution in [0.15, 0.2) is 64.7 Å². The van der Waals surface area contributed by atoms with Crippen LogP contribution in [-0.2, 0) is 18.7 Å². The summed E-state index contributed by atoms with van der Waals surface area (Å²) in [6, 6.07) is 12.9. The number of hydrogen-bond acceptors (Lipinski definition) is 5. The Morgan fingerprint density at radius 1 is 1.06 bits per heavy atom. The molecule has 0 spiro atoms. The molecule has 158 valence electrons. The first kappa shape index (κ1) is 21.5. The van der Waals surface area contributed by atoms with Crippen LogP contribution in [0, 0.1) is 5.82 Å². The third-order valence-electron chi connectivity index (χ3n) is 4.39. The molecule has 4 rings (SSSR count). The zero-order chi connectivity index (χ0) is 21.8. The van der Waals surface area contributed by atoms with Gasteiger partial charge in [-0.05, 0) is 35.4 Å². The second-order valence-corrected chi connectivity index (χ2v) is 8.52. The topological polar surface area (TPSA) is 76.5 Å². The van der Waals surface area contributed by atoms with Gasteiger partial charge in [-0.1, -0.05) is 58.4 Å². The molecule has 0 aliphatic rings. The molecule has 0 bridgehead atoms. The maximum absolute atomic E-state index is 13.0. The van der Waals surface area contributed by atoms with Crippen molar-refractivity contribution in [2.24, 2.45) is 0 Å². The van der Waals surface area contributed by atoms with Crippen molar-refractivity contribution in [3.05, 3.63) is 103 Å². The van der Waals surface area contributed by atoms with Gasteiger partial charge in [0.1, 0.15) is 5.82 Å². The molecular weight excluding hydrogens is 460 g/mol. The van der Waals surface area contributed by atoms with Crippen molar-refractivity contribution >= 4 is 35.0 Å². The minimum absolute atomic E-state index is 0.254. The molecule has 0 amide bonds. The normalized spacial score (nSPS) is 11.1. The summed E-state index contributed by atoms with van der Waals surface area (Å²) in [5.41, 5.74) is 2.69. The van der Waals surface area contributed by atoms with Gasteiger partial charge in [0.05, 0.1) is 17.9 Å². The minimum atomic E-state index is -0.278. The average molecular weight is 476 g/mol. The molecule has 0 aliphatic carbocycles. The first-order valence-corrected chi connectivity index (χ1v) is 11.0. The lowest BCUT2D eigenvalue weighted by Crippen LogP contribution is -2.10. The van der Waals surface area contributed by atoms with Gasteiger partial charge in [0.25, 0.3) is 5.56 Å². The van der Waals surface area contributed by atoms with Crippen LogP contribution in [0.25, 0.3) is 0 Å². The zero-order valence-corrected chi connectivity index (χ0v) is 18.4. The number of halogens is 3. The Kier molecular flexibility index (Phi) is 6.70. The summed E-state index contributed by atoms with van der Waals surface area (Å²) in [5.74, 6) is 0.197. The highest BCUT2D eigenvalue weighted by Crippen LogP contribution is 2.26. The van der Waals surface area contributed by atoms with Crippen LogP contribution >= 0.6 is 35.0 Å². The first-order chi connectivity index (χ1) is 15.0. The van der Waals surface area contributed by atoms with Gasteiger partial charge in [-0.2, -0.15) is 0 Å². The number of H-pyrrole nitrogens is 1. The second kappa shape index (κ2) is 9.64. The fourth-order valence-electron chi connectivity index (χ4n) is 2.93. The van der Waals surface area contributed by atoms with Gasteiger partial charge in [0.15, 0.2) is 5.16 Å². The zero-order valence-electron chi connectivity index (χ0n) is 16.1. The molecule has 0 atom stereocenters. The Balaban J connectivity index is 1.42. The van der Waals surface area contributed by atoms with Crippen LogP contribution < -0.4 is 5.56 Å². The fraction of sp³-hybridized carbons (Fsp3) is 0.143. The molecular formula is C21H16Cl2FN5OS. The monoisotopic (exact) mass is 475 g/mol. The molecule has 0 fully saturated rings. The molecule has 6 nitrogen and oxygen atoms in total. The number of aromatic amines is 1. The molecule has 0 saturated carbocycles. The summed E-state index contributed by atoms with van der Waals surface area (Å²) in [4.78, 5) is 19.3. The van der Waals surface area contributed by atoms with E-state index in [0.717, 1.165) is 16.8 Å². The van der Waals surface area contributed by atoms with Crippen molar-refractivity contribution in [1.82, 2.24) is 25.0 Å². The second-order valence-electron chi connectivity index (χ2n) is 6.74. The number of hydrogen-bond donors (Lipinski definition) is 1. The summed E-state index contributed by atoms with van der Waals surface area (Å²) in [7, 11) is 0. The van der Waals surface area contributed by atoms with Gasteiger partial charge in [-0.25, -0.2) is 14.1 Å². The number of aromatic nitrogens is 5. The molecule has 0 radical (unpaired) electrons. The quantitative estimate of drug-likeness (QED) is 0.308. The maximum atomic E-state index is 13.0. The van der Waals surface area contributed by atoms with E-state index in [0.29, 0.717) is 39.6 Å². The lowest BCUT2D eigenvalue weighted by molar-refractivity contribution is 0.621. The van der Waals surface area contributed by atoms with Crippen LogP contribution in [0.1, 0.15) is 22.5 Å². The van der Waals surface area contributed by atoms with E-state index >= 15 is 0 Å². The van der Waals surface area contributed by atoms with Gasteiger partial charge in [0, 0.05) is 34.5 Å². The molecule has 1 N–H and O–H groups in total. The molecule has 0 aliphatic heterocycles. The summed E-state index contributed by atoms with van der Waals surface area (Å²) in [5, 5.41) is 9.77. The minimum Gasteiger partial charge on any atom is -0.301 e. The van der Waals surface area contributed by atoms with Crippen LogP contribution in [-0.4, -0.2) is 25.0 Å². The smallest absolute Gasteiger partial charge is 0.251 e. The molecule has 2 aromatic heterocycles. The third kappa shape index (κ3) is 5.72. The van der Waals surface area contributed by atoms with Gasteiger partial charge in [0.2, 0.25) is 0 Å². The van der Waals surface area contributed by atoms with Crippen LogP contribution in [0.5, 0.6) is 0 Å². The number of nitrogens with zero attached hydrogens (tertiary/aromatic N) is 4. The number of nitrogens with one attached hydrogen (secondary N) is 1. The molecule has 4 aromatic rings. The van der Waals surface area contributed by atoms with Crippen molar-refractivity contribution in [2.45, 2.75) is 23.9 Å². The highest BCUT2D eigenvalue weighted by atomic mass is 35.5. The van der Waals surface area contributed by atoms with Crippen molar-refractivity contribution in [2.75, 3.05) is 0 Å². The highest BCUT2D eigenvalue weighted by molar-refractivity contribution is 7.98. The van der Waals surface area contributed by atoms with Gasteiger partial charge in [-0.15, -0.1) is 5.10 Å². The molecule has 2 aromatic carbocycles. The first-order valence-electron chi connectivity index (χ1n) is 9.25. The lowest BCUT2D eigenvalue weighted by atomic mass is 10.1. The molecule has 31 heavy (non-hydrogen) atoms. The molecule has 0 unspecified atom stereocenters. The van der Waals surface area contributed by atoms with E-state index in [-0.39, 0.29) is 11.4 Å². The van der Waals surface area contributed by atoms with Gasteiger partial charge < -0.3 is 4.98 Å². The van der Waals surface area contributed by atoms with E-state index in [1.807, 2.05) is 6.20 Å². The molecule has 2 heterocycles. The van der Waals surface area contributed by atoms with E-state index in [9.17, 15) is 9.18 Å². The SMILES string of the molecule is O=c1cc(Cc2c(Cl)cccc2Cl)nc(SCc2cn(Cc3ccc(F)cc3)nn2)[nH]1. The average Bonchev–Trinajstić information content (AvgIpc) is 3.18. The van der Waals surface area contributed by atoms with E-state index in [4.69, 9.17) is 23.2 Å². The maximum Gasteiger partial charge on any atom is 0.251 e. The van der Waals surface area contributed by atoms with Crippen molar-refractivity contribution in [1.29, 1.82) is 0 Å². The van der Waals surface area contributed by atoms with E-state index in [1.165, 1.54) is 30.0 Å². The predicted octanol–water partition coefficient (Wildman–Crippen LogP) is 4.74. The van der Waals surface area contributed by atoms with Gasteiger partial charge >= 0.3 is 0 Å². The van der Waals surface area contributed by atoms with E-state index in [1.54, 1.807) is 35.0 Å². The van der Waals surface area contributed by atoms with E-state index < -0.39 is 0 Å². The summed E-state index contributed by atoms with van der Waals surface area (Å²) in [6.07, 6.45) is 2.16. The lowest BCUT2D eigenvalue weighted by Gasteiger charge is -2.07. The summed E-state index contributed by atoms with van der Waals surface area (Å²) >= 11 is 13.8. The molecule has 0 saturated heterocycles. The third-order valence-corrected chi connectivity index (χ3v) is 6.01. The Bertz CT molecular complexity index is 1240. The van der Waals surface area contributed by atoms with Crippen LogP contribution in [0.3, 0.4) is 0 Å². The fourth-order valence-corrected chi connectivity index (χ4v) is 4.23. The largest absolute Gasteiger partial charge is 0.301 e. The van der Waals surface area contributed by atoms with Crippen molar-refractivity contribution in [3.63, 3.8) is 0 Å². The Morgan fingerprint density at radius 3 is 2.55 bits per heavy atom. The summed E-state index contributed by atoms with van der Waals surface area (Å²) in [6.45, 7) is 0.487. The summed E-state index contributed by atoms with van der Waals surface area (Å²) < 4.78 is 14.7. The predicted molar refractivity (Wildman–Crippen MR) is 119 cm³/mol. The number of benzene rings is 2. The van der Waals surface area contributed by atoms with Crippen molar-refractivity contribution in [3.8, 4) is 0 Å². The Hall–Kier alpha value is -2.68. The molecule has 10 heteroatoms. The van der Waals surface area contributed by atoms with Crippen molar-refractivity contribution < 1.29 is 4.39 Å². The number of thioether (sulfide) groups is 1. The van der Waals surface area contributed by atoms with E-state index in [2.05, 4.69) is 20.3 Å². The number of rotatable bonds is 7.